The molecule has 1 aliphatic rings. The van der Waals surface area contributed by atoms with Crippen LogP contribution >= 0.6 is 11.3 Å². The highest BCUT2D eigenvalue weighted by atomic mass is 32.1. The molecular weight excluding hydrogens is 214 g/mol. The Kier molecular flexibility index (Phi) is 2.77. The third-order valence-corrected chi connectivity index (χ3v) is 4.24. The van der Waals surface area contributed by atoms with Gasteiger partial charge in [-0.3, -0.25) is 0 Å². The molecule has 1 aliphatic heterocycles. The van der Waals surface area contributed by atoms with Gasteiger partial charge in [0.25, 0.3) is 0 Å². The Bertz CT molecular complexity index is 461. The summed E-state index contributed by atoms with van der Waals surface area (Å²) in [6.45, 7) is 1.11. The second-order valence-electron chi connectivity index (χ2n) is 4.26. The van der Waals surface area contributed by atoms with Gasteiger partial charge < -0.3 is 5.32 Å². The predicted molar refractivity (Wildman–Crippen MR) is 68.9 cm³/mol. The second kappa shape index (κ2) is 4.40. The van der Waals surface area contributed by atoms with Gasteiger partial charge in [0.15, 0.2) is 0 Å². The minimum absolute atomic E-state index is 0.520. The average Bonchev–Trinajstić information content (AvgIpc) is 2.80. The Morgan fingerprint density at radius 3 is 2.94 bits per heavy atom. The lowest BCUT2D eigenvalue weighted by Crippen LogP contribution is -2.29. The predicted octanol–water partition coefficient (Wildman–Crippen LogP) is 3.18. The number of hydrogen-bond acceptors (Lipinski definition) is 2. The zero-order chi connectivity index (χ0) is 10.8. The summed E-state index contributed by atoms with van der Waals surface area (Å²) in [7, 11) is 0. The molecule has 0 amide bonds. The first-order valence-corrected chi connectivity index (χ1v) is 6.65. The molecule has 2 aromatic rings. The van der Waals surface area contributed by atoms with E-state index in [1.165, 1.54) is 16.9 Å². The molecule has 0 radical (unpaired) electrons. The van der Waals surface area contributed by atoms with Gasteiger partial charge in [-0.15, -0.1) is 11.3 Å². The molecule has 0 aliphatic carbocycles. The second-order valence-corrected chi connectivity index (χ2v) is 5.20. The Balaban J connectivity index is 1.83. The van der Waals surface area contributed by atoms with Gasteiger partial charge in [0.1, 0.15) is 0 Å². The molecule has 1 N–H and O–H groups in total. The largest absolute Gasteiger partial charge is 0.309 e. The molecular formula is C14H15NS. The first-order chi connectivity index (χ1) is 7.93. The van der Waals surface area contributed by atoms with Gasteiger partial charge in [0.2, 0.25) is 0 Å². The van der Waals surface area contributed by atoms with Crippen molar-refractivity contribution < 1.29 is 0 Å². The molecule has 16 heavy (non-hydrogen) atoms. The molecule has 3 rings (SSSR count). The average molecular weight is 229 g/mol. The van der Waals surface area contributed by atoms with E-state index in [-0.39, 0.29) is 0 Å². The van der Waals surface area contributed by atoms with Gasteiger partial charge in [-0.1, -0.05) is 30.3 Å². The summed E-state index contributed by atoms with van der Waals surface area (Å²) in [4.78, 5) is 1.54. The van der Waals surface area contributed by atoms with Crippen LogP contribution in [0.25, 0.3) is 0 Å². The topological polar surface area (TPSA) is 12.0 Å². The van der Waals surface area contributed by atoms with E-state index < -0.39 is 0 Å². The maximum absolute atomic E-state index is 3.62. The van der Waals surface area contributed by atoms with E-state index in [0.29, 0.717) is 6.04 Å². The molecule has 2 heterocycles. The van der Waals surface area contributed by atoms with Crippen LogP contribution in [0.15, 0.2) is 41.8 Å². The zero-order valence-corrected chi connectivity index (χ0v) is 9.96. The van der Waals surface area contributed by atoms with Crippen molar-refractivity contribution >= 4 is 11.3 Å². The highest BCUT2D eigenvalue weighted by molar-refractivity contribution is 7.10. The summed E-state index contributed by atoms with van der Waals surface area (Å²) in [5.74, 6) is 0. The Hall–Kier alpha value is -1.12. The summed E-state index contributed by atoms with van der Waals surface area (Å²) in [6.07, 6.45) is 2.29. The number of benzene rings is 1. The van der Waals surface area contributed by atoms with Crippen molar-refractivity contribution in [2.75, 3.05) is 6.54 Å². The summed E-state index contributed by atoms with van der Waals surface area (Å²) >= 11 is 1.89. The van der Waals surface area contributed by atoms with Crippen LogP contribution in [0.3, 0.4) is 0 Å². The highest BCUT2D eigenvalue weighted by Gasteiger charge is 2.20. The molecule has 2 heteroatoms. The molecule has 0 fully saturated rings. The lowest BCUT2D eigenvalue weighted by Gasteiger charge is -2.24. The van der Waals surface area contributed by atoms with E-state index in [1.807, 2.05) is 11.3 Å². The maximum Gasteiger partial charge on any atom is 0.0458 e. The van der Waals surface area contributed by atoms with Gasteiger partial charge in [0, 0.05) is 10.9 Å². The summed E-state index contributed by atoms with van der Waals surface area (Å²) < 4.78 is 0. The van der Waals surface area contributed by atoms with E-state index in [9.17, 15) is 0 Å². The van der Waals surface area contributed by atoms with Crippen LogP contribution in [-0.4, -0.2) is 6.54 Å². The number of thiophene rings is 1. The van der Waals surface area contributed by atoms with Gasteiger partial charge in [-0.05, 0) is 42.0 Å². The van der Waals surface area contributed by atoms with Crippen molar-refractivity contribution in [2.24, 2.45) is 0 Å². The number of hydrogen-bond donors (Lipinski definition) is 1. The fourth-order valence-corrected chi connectivity index (χ4v) is 3.38. The van der Waals surface area contributed by atoms with Crippen LogP contribution in [0.1, 0.15) is 22.0 Å². The number of nitrogens with one attached hydrogen (secondary N) is 1. The zero-order valence-electron chi connectivity index (χ0n) is 9.15. The van der Waals surface area contributed by atoms with Gasteiger partial charge in [-0.2, -0.15) is 0 Å². The summed E-state index contributed by atoms with van der Waals surface area (Å²) in [5.41, 5.74) is 2.96. The van der Waals surface area contributed by atoms with Crippen molar-refractivity contribution in [1.29, 1.82) is 0 Å². The number of rotatable bonds is 2. The van der Waals surface area contributed by atoms with E-state index >= 15 is 0 Å². The highest BCUT2D eigenvalue weighted by Crippen LogP contribution is 2.30. The van der Waals surface area contributed by atoms with Crippen LogP contribution in [-0.2, 0) is 12.8 Å². The molecule has 0 bridgehead atoms. The molecule has 1 nitrogen and oxygen atoms in total. The first-order valence-electron chi connectivity index (χ1n) is 5.77. The molecule has 1 aromatic heterocycles. The van der Waals surface area contributed by atoms with Crippen molar-refractivity contribution in [3.05, 3.63) is 57.8 Å². The third-order valence-electron chi connectivity index (χ3n) is 3.16. The van der Waals surface area contributed by atoms with E-state index in [0.717, 1.165) is 13.0 Å². The number of fused-ring (bicyclic) bond motifs is 1. The van der Waals surface area contributed by atoms with Crippen LogP contribution < -0.4 is 5.32 Å². The quantitative estimate of drug-likeness (QED) is 0.834. The molecule has 0 saturated heterocycles. The maximum atomic E-state index is 3.62. The first kappa shape index (κ1) is 10.1. The van der Waals surface area contributed by atoms with E-state index in [2.05, 4.69) is 47.1 Å². The standard InChI is InChI=1S/C14H15NS/c1-2-4-11(5-3-1)10-13-14-12(6-8-15-13)7-9-16-14/h1-5,7,9,13,15H,6,8,10H2/t13-/m0/s1. The molecule has 0 saturated carbocycles. The summed E-state index contributed by atoms with van der Waals surface area (Å²) in [6, 6.07) is 13.5. The van der Waals surface area contributed by atoms with E-state index in [4.69, 9.17) is 0 Å². The lowest BCUT2D eigenvalue weighted by atomic mass is 9.98. The SMILES string of the molecule is c1ccc(C[C@@H]2NCCc3ccsc32)cc1. The minimum atomic E-state index is 0.520. The third kappa shape index (κ3) is 1.91. The Labute approximate surface area is 100 Å². The Morgan fingerprint density at radius 1 is 1.19 bits per heavy atom. The van der Waals surface area contributed by atoms with Crippen molar-refractivity contribution in [1.82, 2.24) is 5.32 Å². The molecule has 0 spiro atoms. The van der Waals surface area contributed by atoms with Crippen molar-refractivity contribution in [3.63, 3.8) is 0 Å². The summed E-state index contributed by atoms with van der Waals surface area (Å²) in [5, 5.41) is 5.84. The Morgan fingerprint density at radius 2 is 2.06 bits per heavy atom. The fraction of sp³-hybridized carbons (Fsp3) is 0.286. The van der Waals surface area contributed by atoms with Crippen LogP contribution in [0.5, 0.6) is 0 Å². The fourth-order valence-electron chi connectivity index (χ4n) is 2.35. The van der Waals surface area contributed by atoms with Gasteiger partial charge >= 0.3 is 0 Å². The van der Waals surface area contributed by atoms with Crippen LogP contribution in [0.4, 0.5) is 0 Å². The van der Waals surface area contributed by atoms with Crippen molar-refractivity contribution in [3.8, 4) is 0 Å². The van der Waals surface area contributed by atoms with Crippen molar-refractivity contribution in [2.45, 2.75) is 18.9 Å². The molecule has 1 atom stereocenters. The van der Waals surface area contributed by atoms with Gasteiger partial charge in [-0.25, -0.2) is 0 Å². The monoisotopic (exact) mass is 229 g/mol. The van der Waals surface area contributed by atoms with Crippen LogP contribution in [0.2, 0.25) is 0 Å². The van der Waals surface area contributed by atoms with Crippen LogP contribution in [0, 0.1) is 0 Å². The van der Waals surface area contributed by atoms with Gasteiger partial charge in [0.05, 0.1) is 0 Å². The van der Waals surface area contributed by atoms with E-state index in [1.54, 1.807) is 5.56 Å². The molecule has 82 valence electrons. The molecule has 0 unspecified atom stereocenters. The minimum Gasteiger partial charge on any atom is -0.309 e. The smallest absolute Gasteiger partial charge is 0.0458 e. The normalized spacial score (nSPS) is 19.4. The molecule has 1 aromatic carbocycles. The lowest BCUT2D eigenvalue weighted by molar-refractivity contribution is 0.512.